The highest BCUT2D eigenvalue weighted by Crippen LogP contribution is 2.37. The topological polar surface area (TPSA) is 3.24 Å². The molecule has 1 heteroatoms. The van der Waals surface area contributed by atoms with Gasteiger partial charge in [-0.3, -0.25) is 0 Å². The van der Waals surface area contributed by atoms with Crippen molar-refractivity contribution in [1.29, 1.82) is 0 Å². The number of hydrogen-bond acceptors (Lipinski definition) is 1. The van der Waals surface area contributed by atoms with Gasteiger partial charge < -0.3 is 4.90 Å². The van der Waals surface area contributed by atoms with Gasteiger partial charge >= 0.3 is 0 Å². The highest BCUT2D eigenvalue weighted by Gasteiger charge is 2.30. The van der Waals surface area contributed by atoms with Gasteiger partial charge in [-0.2, -0.15) is 0 Å². The third-order valence-corrected chi connectivity index (χ3v) is 3.64. The molecule has 2 atom stereocenters. The highest BCUT2D eigenvalue weighted by molar-refractivity contribution is 5.61. The van der Waals surface area contributed by atoms with Crippen LogP contribution in [-0.2, 0) is 0 Å². The van der Waals surface area contributed by atoms with Crippen molar-refractivity contribution in [2.45, 2.75) is 40.2 Å². The molecule has 1 nitrogen and oxygen atoms in total. The summed E-state index contributed by atoms with van der Waals surface area (Å²) in [7, 11) is 0. The van der Waals surface area contributed by atoms with E-state index in [4.69, 9.17) is 0 Å². The lowest BCUT2D eigenvalue weighted by Crippen LogP contribution is -2.25. The van der Waals surface area contributed by atoms with Gasteiger partial charge in [0.1, 0.15) is 0 Å². The van der Waals surface area contributed by atoms with E-state index in [9.17, 15) is 0 Å². The molecule has 0 aromatic heterocycles. The minimum atomic E-state index is 0.572. The predicted molar refractivity (Wildman–Crippen MR) is 70.8 cm³/mol. The van der Waals surface area contributed by atoms with Crippen LogP contribution in [0.25, 0.3) is 0 Å². The van der Waals surface area contributed by atoms with Crippen LogP contribution in [0, 0.1) is 19.8 Å². The molecule has 16 heavy (non-hydrogen) atoms. The summed E-state index contributed by atoms with van der Waals surface area (Å²) in [6, 6.07) is 7.22. The van der Waals surface area contributed by atoms with Crippen molar-refractivity contribution in [1.82, 2.24) is 0 Å². The van der Waals surface area contributed by atoms with Gasteiger partial charge in [0.05, 0.1) is 0 Å². The lowest BCUT2D eigenvalue weighted by atomic mass is 10.1. The molecule has 0 radical (unpaired) electrons. The van der Waals surface area contributed by atoms with E-state index in [-0.39, 0.29) is 0 Å². The van der Waals surface area contributed by atoms with Crippen LogP contribution in [0.2, 0.25) is 0 Å². The van der Waals surface area contributed by atoms with Crippen LogP contribution in [0.4, 0.5) is 5.69 Å². The smallest absolute Gasteiger partial charge is 0.0443 e. The first-order valence-electron chi connectivity index (χ1n) is 6.06. The molecule has 1 saturated heterocycles. The predicted octanol–water partition coefficient (Wildman–Crippen LogP) is 4.05. The van der Waals surface area contributed by atoms with E-state index >= 15 is 0 Å². The summed E-state index contributed by atoms with van der Waals surface area (Å²) >= 11 is 0. The summed E-state index contributed by atoms with van der Waals surface area (Å²) in [6.45, 7) is 13.1. The molecule has 1 aromatic rings. The van der Waals surface area contributed by atoms with E-state index in [0.29, 0.717) is 12.0 Å². The van der Waals surface area contributed by atoms with E-state index in [1.807, 2.05) is 0 Å². The first-order chi connectivity index (χ1) is 7.50. The Bertz CT molecular complexity index is 419. The standard InChI is InChI=1S/C15H21N/c1-10-6-7-11(2)15(8-10)16-13(4)9-12(3)14(16)5/h6-8,12-13H,5,9H2,1-4H3. The Morgan fingerprint density at radius 3 is 2.50 bits per heavy atom. The lowest BCUT2D eigenvalue weighted by molar-refractivity contribution is 0.645. The van der Waals surface area contributed by atoms with Crippen molar-refractivity contribution < 1.29 is 0 Å². The van der Waals surface area contributed by atoms with E-state index in [1.54, 1.807) is 0 Å². The molecule has 0 saturated carbocycles. The van der Waals surface area contributed by atoms with Crippen LogP contribution < -0.4 is 4.90 Å². The largest absolute Gasteiger partial charge is 0.342 e. The van der Waals surface area contributed by atoms with E-state index < -0.39 is 0 Å². The molecule has 1 aliphatic rings. The van der Waals surface area contributed by atoms with Crippen LogP contribution in [0.5, 0.6) is 0 Å². The first-order valence-corrected chi connectivity index (χ1v) is 6.06. The van der Waals surface area contributed by atoms with Gasteiger partial charge in [0.15, 0.2) is 0 Å². The number of hydrogen-bond donors (Lipinski definition) is 0. The maximum atomic E-state index is 4.24. The Kier molecular flexibility index (Phi) is 2.79. The zero-order chi connectivity index (χ0) is 11.9. The summed E-state index contributed by atoms with van der Waals surface area (Å²) in [5, 5.41) is 0. The zero-order valence-electron chi connectivity index (χ0n) is 10.7. The molecule has 0 aliphatic carbocycles. The first kappa shape index (κ1) is 11.3. The number of allylic oxidation sites excluding steroid dienone is 1. The summed E-state index contributed by atoms with van der Waals surface area (Å²) < 4.78 is 0. The number of anilines is 1. The van der Waals surface area contributed by atoms with Gasteiger partial charge in [-0.25, -0.2) is 0 Å². The minimum absolute atomic E-state index is 0.572. The summed E-state index contributed by atoms with van der Waals surface area (Å²) in [5.74, 6) is 0.606. The Balaban J connectivity index is 2.44. The maximum absolute atomic E-state index is 4.24. The third-order valence-electron chi connectivity index (χ3n) is 3.64. The zero-order valence-corrected chi connectivity index (χ0v) is 10.7. The van der Waals surface area contributed by atoms with E-state index in [1.165, 1.54) is 28.9 Å². The van der Waals surface area contributed by atoms with E-state index in [0.717, 1.165) is 0 Å². The van der Waals surface area contributed by atoms with Crippen molar-refractivity contribution in [3.63, 3.8) is 0 Å². The average molecular weight is 215 g/mol. The summed E-state index contributed by atoms with van der Waals surface area (Å²) in [6.07, 6.45) is 1.21. The van der Waals surface area contributed by atoms with Crippen LogP contribution >= 0.6 is 0 Å². The molecule has 0 amide bonds. The van der Waals surface area contributed by atoms with Crippen LogP contribution in [-0.4, -0.2) is 6.04 Å². The van der Waals surface area contributed by atoms with Crippen molar-refractivity contribution in [2.75, 3.05) is 4.90 Å². The van der Waals surface area contributed by atoms with Gasteiger partial charge in [0, 0.05) is 17.4 Å². The second-order valence-corrected chi connectivity index (χ2v) is 5.14. The van der Waals surface area contributed by atoms with Crippen LogP contribution in [0.1, 0.15) is 31.4 Å². The van der Waals surface area contributed by atoms with E-state index in [2.05, 4.69) is 57.4 Å². The number of nitrogens with zero attached hydrogens (tertiary/aromatic N) is 1. The van der Waals surface area contributed by atoms with Gasteiger partial charge in [-0.15, -0.1) is 0 Å². The fourth-order valence-corrected chi connectivity index (χ4v) is 2.64. The molecule has 1 aromatic carbocycles. The van der Waals surface area contributed by atoms with Crippen molar-refractivity contribution in [2.24, 2.45) is 5.92 Å². The molecule has 86 valence electrons. The summed E-state index contributed by atoms with van der Waals surface area (Å²) in [4.78, 5) is 2.41. The highest BCUT2D eigenvalue weighted by atomic mass is 15.2. The molecular formula is C15H21N. The number of rotatable bonds is 1. The van der Waals surface area contributed by atoms with Gasteiger partial charge in [-0.05, 0) is 50.3 Å². The second-order valence-electron chi connectivity index (χ2n) is 5.14. The molecule has 2 rings (SSSR count). The van der Waals surface area contributed by atoms with Crippen molar-refractivity contribution in [3.05, 3.63) is 41.6 Å². The SMILES string of the molecule is C=C1C(C)CC(C)N1c1cc(C)ccc1C. The fraction of sp³-hybridized carbons (Fsp3) is 0.467. The lowest BCUT2D eigenvalue weighted by Gasteiger charge is -2.27. The average Bonchev–Trinajstić information content (AvgIpc) is 2.46. The molecule has 1 heterocycles. The third kappa shape index (κ3) is 1.75. The second kappa shape index (κ2) is 3.97. The molecule has 0 spiro atoms. The Labute approximate surface area is 98.8 Å². The monoisotopic (exact) mass is 215 g/mol. The Morgan fingerprint density at radius 1 is 1.25 bits per heavy atom. The number of aryl methyl sites for hydroxylation is 2. The molecule has 2 unspecified atom stereocenters. The number of benzene rings is 1. The van der Waals surface area contributed by atoms with Crippen LogP contribution in [0.15, 0.2) is 30.5 Å². The maximum Gasteiger partial charge on any atom is 0.0443 e. The minimum Gasteiger partial charge on any atom is -0.342 e. The normalized spacial score (nSPS) is 25.2. The van der Waals surface area contributed by atoms with Gasteiger partial charge in [0.2, 0.25) is 0 Å². The van der Waals surface area contributed by atoms with Gasteiger partial charge in [0.25, 0.3) is 0 Å². The molecule has 1 aliphatic heterocycles. The summed E-state index contributed by atoms with van der Waals surface area (Å²) in [5.41, 5.74) is 5.26. The van der Waals surface area contributed by atoms with Crippen molar-refractivity contribution in [3.8, 4) is 0 Å². The van der Waals surface area contributed by atoms with Crippen molar-refractivity contribution >= 4 is 5.69 Å². The quantitative estimate of drug-likeness (QED) is 0.683. The molecule has 0 bridgehead atoms. The van der Waals surface area contributed by atoms with Crippen LogP contribution in [0.3, 0.4) is 0 Å². The van der Waals surface area contributed by atoms with Gasteiger partial charge in [-0.1, -0.05) is 25.6 Å². The Hall–Kier alpha value is -1.24. The Morgan fingerprint density at radius 2 is 1.94 bits per heavy atom. The molecule has 0 N–H and O–H groups in total. The fourth-order valence-electron chi connectivity index (χ4n) is 2.64. The molecule has 1 fully saturated rings. The molecular weight excluding hydrogens is 194 g/mol.